The van der Waals surface area contributed by atoms with Crippen LogP contribution in [0.25, 0.3) is 0 Å². The fraction of sp³-hybridized carbons (Fsp3) is 0.750. The lowest BCUT2D eigenvalue weighted by molar-refractivity contribution is 0.260. The van der Waals surface area contributed by atoms with Gasteiger partial charge in [0.25, 0.3) is 0 Å². The van der Waals surface area contributed by atoms with Crippen molar-refractivity contribution in [2.75, 3.05) is 11.9 Å². The Bertz CT molecular complexity index is 414. The fourth-order valence-electron chi connectivity index (χ4n) is 2.49. The summed E-state index contributed by atoms with van der Waals surface area (Å²) >= 11 is 0. The molecule has 0 atom stereocenters. The summed E-state index contributed by atoms with van der Waals surface area (Å²) in [5, 5.41) is 3.55. The standard InChI is InChI=1S/C16H27N3O/c1-4-14-18-15(17-13-8-6-5-7-9-13)10-16(19-14)20-11-12(2)3/h10,12-13H,4-9,11H2,1-3H3,(H,17,18,19). The highest BCUT2D eigenvalue weighted by molar-refractivity contribution is 5.39. The Morgan fingerprint density at radius 3 is 2.65 bits per heavy atom. The Morgan fingerprint density at radius 2 is 2.00 bits per heavy atom. The zero-order chi connectivity index (χ0) is 14.4. The second kappa shape index (κ2) is 7.46. The molecular formula is C16H27N3O. The molecule has 112 valence electrons. The van der Waals surface area contributed by atoms with Crippen LogP contribution in [0.5, 0.6) is 5.88 Å². The van der Waals surface area contributed by atoms with Crippen LogP contribution in [0.15, 0.2) is 6.07 Å². The number of hydrogen-bond acceptors (Lipinski definition) is 4. The van der Waals surface area contributed by atoms with Gasteiger partial charge in [-0.25, -0.2) is 4.98 Å². The van der Waals surface area contributed by atoms with Crippen molar-refractivity contribution in [2.45, 2.75) is 65.3 Å². The van der Waals surface area contributed by atoms with Gasteiger partial charge < -0.3 is 10.1 Å². The summed E-state index contributed by atoms with van der Waals surface area (Å²) in [6.07, 6.45) is 7.32. The van der Waals surface area contributed by atoms with Crippen LogP contribution in [0.4, 0.5) is 5.82 Å². The maximum Gasteiger partial charge on any atom is 0.218 e. The molecule has 0 aliphatic heterocycles. The van der Waals surface area contributed by atoms with E-state index >= 15 is 0 Å². The van der Waals surface area contributed by atoms with E-state index in [-0.39, 0.29) is 0 Å². The average Bonchev–Trinajstić information content (AvgIpc) is 2.46. The second-order valence-corrected chi connectivity index (χ2v) is 6.05. The molecule has 1 saturated carbocycles. The van der Waals surface area contributed by atoms with Crippen molar-refractivity contribution in [1.82, 2.24) is 9.97 Å². The summed E-state index contributed by atoms with van der Waals surface area (Å²) in [5.74, 6) is 2.97. The summed E-state index contributed by atoms with van der Waals surface area (Å²) in [6, 6.07) is 2.50. The van der Waals surface area contributed by atoms with E-state index in [9.17, 15) is 0 Å². The van der Waals surface area contributed by atoms with E-state index in [0.29, 0.717) is 24.4 Å². The van der Waals surface area contributed by atoms with E-state index in [2.05, 4.69) is 36.1 Å². The lowest BCUT2D eigenvalue weighted by Crippen LogP contribution is -2.23. The molecule has 1 N–H and O–H groups in total. The molecule has 0 aromatic carbocycles. The highest BCUT2D eigenvalue weighted by Crippen LogP contribution is 2.22. The van der Waals surface area contributed by atoms with E-state index in [1.807, 2.05) is 6.07 Å². The van der Waals surface area contributed by atoms with Crippen LogP contribution in [0.2, 0.25) is 0 Å². The third-order valence-corrected chi connectivity index (χ3v) is 3.59. The van der Waals surface area contributed by atoms with Gasteiger partial charge in [0.2, 0.25) is 5.88 Å². The zero-order valence-electron chi connectivity index (χ0n) is 13.0. The lowest BCUT2D eigenvalue weighted by Gasteiger charge is -2.23. The number of hydrogen-bond donors (Lipinski definition) is 1. The van der Waals surface area contributed by atoms with Crippen molar-refractivity contribution in [2.24, 2.45) is 5.92 Å². The fourth-order valence-corrected chi connectivity index (χ4v) is 2.49. The number of rotatable bonds is 6. The molecule has 0 radical (unpaired) electrons. The van der Waals surface area contributed by atoms with Crippen LogP contribution < -0.4 is 10.1 Å². The van der Waals surface area contributed by atoms with Crippen LogP contribution >= 0.6 is 0 Å². The molecule has 0 amide bonds. The van der Waals surface area contributed by atoms with Gasteiger partial charge in [-0.2, -0.15) is 4.98 Å². The Kier molecular flexibility index (Phi) is 5.62. The lowest BCUT2D eigenvalue weighted by atomic mass is 9.95. The summed E-state index contributed by atoms with van der Waals surface area (Å²) in [4.78, 5) is 9.01. The van der Waals surface area contributed by atoms with Crippen molar-refractivity contribution in [1.29, 1.82) is 0 Å². The van der Waals surface area contributed by atoms with E-state index in [1.165, 1.54) is 32.1 Å². The van der Waals surface area contributed by atoms with Crippen LogP contribution in [-0.2, 0) is 6.42 Å². The normalized spacial score (nSPS) is 16.4. The SMILES string of the molecule is CCc1nc(NC2CCCCC2)cc(OCC(C)C)n1. The highest BCUT2D eigenvalue weighted by Gasteiger charge is 2.14. The largest absolute Gasteiger partial charge is 0.477 e. The van der Waals surface area contributed by atoms with Gasteiger partial charge in [-0.3, -0.25) is 0 Å². The molecule has 1 aromatic heterocycles. The van der Waals surface area contributed by atoms with Gasteiger partial charge in [0.15, 0.2) is 0 Å². The maximum atomic E-state index is 5.75. The summed E-state index contributed by atoms with van der Waals surface area (Å²) < 4.78 is 5.75. The molecule has 1 heterocycles. The van der Waals surface area contributed by atoms with Crippen molar-refractivity contribution in [3.8, 4) is 5.88 Å². The molecule has 20 heavy (non-hydrogen) atoms. The van der Waals surface area contributed by atoms with Gasteiger partial charge in [0.1, 0.15) is 11.6 Å². The van der Waals surface area contributed by atoms with Crippen molar-refractivity contribution in [3.05, 3.63) is 11.9 Å². The average molecular weight is 277 g/mol. The van der Waals surface area contributed by atoms with E-state index < -0.39 is 0 Å². The van der Waals surface area contributed by atoms with Gasteiger partial charge in [0, 0.05) is 18.5 Å². The molecule has 1 fully saturated rings. The number of nitrogens with one attached hydrogen (secondary N) is 1. The van der Waals surface area contributed by atoms with Gasteiger partial charge in [-0.05, 0) is 18.8 Å². The molecule has 2 rings (SSSR count). The molecule has 4 nitrogen and oxygen atoms in total. The van der Waals surface area contributed by atoms with Gasteiger partial charge >= 0.3 is 0 Å². The van der Waals surface area contributed by atoms with Crippen molar-refractivity contribution < 1.29 is 4.74 Å². The molecule has 1 aliphatic carbocycles. The minimum absolute atomic E-state index is 0.504. The first-order valence-corrected chi connectivity index (χ1v) is 7.94. The molecule has 1 aromatic rings. The minimum atomic E-state index is 0.504. The topological polar surface area (TPSA) is 47.0 Å². The predicted molar refractivity (Wildman–Crippen MR) is 82.2 cm³/mol. The van der Waals surface area contributed by atoms with Crippen LogP contribution in [0.1, 0.15) is 58.7 Å². The number of aryl methyl sites for hydroxylation is 1. The second-order valence-electron chi connectivity index (χ2n) is 6.05. The van der Waals surface area contributed by atoms with Gasteiger partial charge in [-0.1, -0.05) is 40.0 Å². The minimum Gasteiger partial charge on any atom is -0.477 e. The predicted octanol–water partition coefficient (Wildman–Crippen LogP) is 3.82. The number of nitrogens with zero attached hydrogens (tertiary/aromatic N) is 2. The maximum absolute atomic E-state index is 5.75. The number of anilines is 1. The van der Waals surface area contributed by atoms with Crippen molar-refractivity contribution >= 4 is 5.82 Å². The third-order valence-electron chi connectivity index (χ3n) is 3.59. The van der Waals surface area contributed by atoms with Crippen LogP contribution in [0.3, 0.4) is 0 Å². The summed E-state index contributed by atoms with van der Waals surface area (Å²) in [7, 11) is 0. The van der Waals surface area contributed by atoms with Crippen LogP contribution in [0, 0.1) is 5.92 Å². The Balaban J connectivity index is 2.04. The van der Waals surface area contributed by atoms with Gasteiger partial charge in [-0.15, -0.1) is 0 Å². The molecular weight excluding hydrogens is 250 g/mol. The van der Waals surface area contributed by atoms with Crippen molar-refractivity contribution in [3.63, 3.8) is 0 Å². The van der Waals surface area contributed by atoms with E-state index in [0.717, 1.165) is 18.1 Å². The molecule has 0 bridgehead atoms. The van der Waals surface area contributed by atoms with E-state index in [1.54, 1.807) is 0 Å². The first kappa shape index (κ1) is 15.1. The number of ether oxygens (including phenoxy) is 1. The monoisotopic (exact) mass is 277 g/mol. The molecule has 0 spiro atoms. The molecule has 4 heteroatoms. The first-order chi connectivity index (χ1) is 9.67. The zero-order valence-corrected chi connectivity index (χ0v) is 13.0. The van der Waals surface area contributed by atoms with Gasteiger partial charge in [0.05, 0.1) is 6.61 Å². The Hall–Kier alpha value is -1.32. The Morgan fingerprint density at radius 1 is 1.25 bits per heavy atom. The first-order valence-electron chi connectivity index (χ1n) is 7.94. The Labute approximate surface area is 122 Å². The molecule has 0 saturated heterocycles. The summed E-state index contributed by atoms with van der Waals surface area (Å²) in [6.45, 7) is 7.06. The quantitative estimate of drug-likeness (QED) is 0.858. The molecule has 0 unspecified atom stereocenters. The smallest absolute Gasteiger partial charge is 0.218 e. The molecule has 1 aliphatic rings. The third kappa shape index (κ3) is 4.66. The highest BCUT2D eigenvalue weighted by atomic mass is 16.5. The van der Waals surface area contributed by atoms with Crippen LogP contribution in [-0.4, -0.2) is 22.6 Å². The van der Waals surface area contributed by atoms with E-state index in [4.69, 9.17) is 4.74 Å². The summed E-state index contributed by atoms with van der Waals surface area (Å²) in [5.41, 5.74) is 0. The number of aromatic nitrogens is 2.